The molecule has 0 radical (unpaired) electrons. The van der Waals surface area contributed by atoms with Gasteiger partial charge in [-0.3, -0.25) is 9.59 Å². The minimum atomic E-state index is 0.0351. The Kier molecular flexibility index (Phi) is 5.64. The summed E-state index contributed by atoms with van der Waals surface area (Å²) in [5, 5.41) is 3.09. The van der Waals surface area contributed by atoms with Crippen molar-refractivity contribution in [1.82, 2.24) is 10.2 Å². The molecule has 0 unspecified atom stereocenters. The zero-order valence-corrected chi connectivity index (χ0v) is 14.6. The molecule has 5 heteroatoms. The third-order valence-electron chi connectivity index (χ3n) is 4.33. The summed E-state index contributed by atoms with van der Waals surface area (Å²) >= 11 is 0. The lowest BCUT2D eigenvalue weighted by atomic mass is 10.0. The van der Waals surface area contributed by atoms with Crippen molar-refractivity contribution < 1.29 is 9.59 Å². The zero-order valence-electron chi connectivity index (χ0n) is 14.6. The average molecular weight is 317 g/mol. The van der Waals surface area contributed by atoms with Crippen LogP contribution in [0.15, 0.2) is 18.2 Å². The number of amides is 2. The molecule has 2 rings (SSSR count). The number of anilines is 1. The number of piperidine rings is 1. The number of carbonyl (C=O) groups is 2. The Morgan fingerprint density at radius 3 is 2.26 bits per heavy atom. The number of hydrogen-bond acceptors (Lipinski definition) is 3. The van der Waals surface area contributed by atoms with Gasteiger partial charge in [-0.2, -0.15) is 0 Å². The highest BCUT2D eigenvalue weighted by Gasteiger charge is 2.22. The van der Waals surface area contributed by atoms with Crippen LogP contribution in [0.1, 0.15) is 30.9 Å². The lowest BCUT2D eigenvalue weighted by Crippen LogP contribution is -2.48. The molecule has 23 heavy (non-hydrogen) atoms. The number of aryl methyl sites for hydroxylation is 2. The molecule has 1 N–H and O–H groups in total. The van der Waals surface area contributed by atoms with E-state index >= 15 is 0 Å². The minimum Gasteiger partial charge on any atom is -0.365 e. The van der Waals surface area contributed by atoms with Gasteiger partial charge in [0.15, 0.2) is 0 Å². The number of likely N-dealkylation sites (N-methyl/N-ethyl adjacent to an activating group) is 1. The lowest BCUT2D eigenvalue weighted by Gasteiger charge is -2.32. The summed E-state index contributed by atoms with van der Waals surface area (Å²) in [5.74, 6) is 0.150. The van der Waals surface area contributed by atoms with Crippen LogP contribution in [0.4, 0.5) is 5.69 Å². The molecule has 126 valence electrons. The number of nitrogens with zero attached hydrogens (tertiary/aromatic N) is 2. The first-order chi connectivity index (χ1) is 10.8. The highest BCUT2D eigenvalue weighted by Crippen LogP contribution is 2.17. The minimum absolute atomic E-state index is 0.0351. The van der Waals surface area contributed by atoms with Gasteiger partial charge in [0.2, 0.25) is 11.8 Å². The summed E-state index contributed by atoms with van der Waals surface area (Å²) in [5.41, 5.74) is 3.46. The lowest BCUT2D eigenvalue weighted by molar-refractivity contribution is -0.130. The van der Waals surface area contributed by atoms with Crippen molar-refractivity contribution in [2.24, 2.45) is 0 Å². The van der Waals surface area contributed by atoms with Crippen LogP contribution in [0, 0.1) is 13.8 Å². The molecule has 0 aliphatic carbocycles. The Hall–Kier alpha value is -2.04. The van der Waals surface area contributed by atoms with E-state index in [9.17, 15) is 9.59 Å². The van der Waals surface area contributed by atoms with Crippen LogP contribution in [-0.2, 0) is 9.59 Å². The molecule has 1 saturated heterocycles. The zero-order chi connectivity index (χ0) is 17.0. The molecule has 1 aromatic rings. The summed E-state index contributed by atoms with van der Waals surface area (Å²) in [6.07, 6.45) is 1.66. The van der Waals surface area contributed by atoms with Crippen LogP contribution < -0.4 is 10.2 Å². The second-order valence-electron chi connectivity index (χ2n) is 6.55. The molecule has 1 fully saturated rings. The Labute approximate surface area is 138 Å². The number of likely N-dealkylation sites (tertiary alicyclic amines) is 1. The van der Waals surface area contributed by atoms with Gasteiger partial charge in [-0.25, -0.2) is 0 Å². The van der Waals surface area contributed by atoms with Crippen molar-refractivity contribution in [2.45, 2.75) is 39.7 Å². The summed E-state index contributed by atoms with van der Waals surface area (Å²) in [4.78, 5) is 27.4. The van der Waals surface area contributed by atoms with Crippen LogP contribution in [0.3, 0.4) is 0 Å². The van der Waals surface area contributed by atoms with E-state index < -0.39 is 0 Å². The predicted molar refractivity (Wildman–Crippen MR) is 92.6 cm³/mol. The van der Waals surface area contributed by atoms with E-state index in [0.29, 0.717) is 6.54 Å². The topological polar surface area (TPSA) is 52.7 Å². The van der Waals surface area contributed by atoms with E-state index in [4.69, 9.17) is 0 Å². The number of rotatable bonds is 4. The van der Waals surface area contributed by atoms with Crippen LogP contribution in [-0.4, -0.2) is 49.4 Å². The fraction of sp³-hybridized carbons (Fsp3) is 0.556. The highest BCUT2D eigenvalue weighted by atomic mass is 16.2. The maximum Gasteiger partial charge on any atom is 0.239 e. The van der Waals surface area contributed by atoms with Crippen molar-refractivity contribution in [2.75, 3.05) is 31.6 Å². The van der Waals surface area contributed by atoms with Crippen molar-refractivity contribution in [3.8, 4) is 0 Å². The van der Waals surface area contributed by atoms with E-state index in [1.54, 1.807) is 6.92 Å². The summed E-state index contributed by atoms with van der Waals surface area (Å²) < 4.78 is 0. The fourth-order valence-electron chi connectivity index (χ4n) is 3.09. The van der Waals surface area contributed by atoms with Crippen molar-refractivity contribution in [1.29, 1.82) is 0 Å². The van der Waals surface area contributed by atoms with Crippen LogP contribution in [0.25, 0.3) is 0 Å². The first kappa shape index (κ1) is 17.3. The normalized spacial score (nSPS) is 15.4. The van der Waals surface area contributed by atoms with Gasteiger partial charge in [-0.15, -0.1) is 0 Å². The predicted octanol–water partition coefficient (Wildman–Crippen LogP) is 1.87. The van der Waals surface area contributed by atoms with Gasteiger partial charge in [0.05, 0.1) is 6.54 Å². The first-order valence-electron chi connectivity index (χ1n) is 8.19. The Balaban J connectivity index is 1.84. The molecule has 0 bridgehead atoms. The number of nitrogens with one attached hydrogen (secondary N) is 1. The van der Waals surface area contributed by atoms with E-state index in [1.165, 1.54) is 11.1 Å². The van der Waals surface area contributed by atoms with Crippen LogP contribution in [0.5, 0.6) is 0 Å². The quantitative estimate of drug-likeness (QED) is 0.922. The van der Waals surface area contributed by atoms with E-state index in [2.05, 4.69) is 37.4 Å². The second-order valence-corrected chi connectivity index (χ2v) is 6.55. The third-order valence-corrected chi connectivity index (χ3v) is 4.33. The van der Waals surface area contributed by atoms with Gasteiger partial charge >= 0.3 is 0 Å². The Morgan fingerprint density at radius 1 is 1.17 bits per heavy atom. The number of hydrogen-bond donors (Lipinski definition) is 1. The molecule has 5 nitrogen and oxygen atoms in total. The molecule has 1 aliphatic rings. The highest BCUT2D eigenvalue weighted by molar-refractivity contribution is 5.81. The summed E-state index contributed by atoms with van der Waals surface area (Å²) in [6.45, 7) is 7.52. The van der Waals surface area contributed by atoms with Gasteiger partial charge in [0.25, 0.3) is 0 Å². The molecular formula is C18H27N3O2. The molecule has 0 aromatic heterocycles. The van der Waals surface area contributed by atoms with Crippen molar-refractivity contribution in [3.05, 3.63) is 29.3 Å². The van der Waals surface area contributed by atoms with E-state index in [1.807, 2.05) is 16.8 Å². The first-order valence-corrected chi connectivity index (χ1v) is 8.19. The van der Waals surface area contributed by atoms with Gasteiger partial charge in [-0.05, 0) is 49.9 Å². The summed E-state index contributed by atoms with van der Waals surface area (Å²) in [6, 6.07) is 6.48. The molecule has 1 heterocycles. The third kappa shape index (κ3) is 4.98. The molecule has 2 amide bonds. The van der Waals surface area contributed by atoms with Crippen LogP contribution >= 0.6 is 0 Å². The molecule has 0 saturated carbocycles. The fourth-order valence-corrected chi connectivity index (χ4v) is 3.09. The van der Waals surface area contributed by atoms with Gasteiger partial charge in [0, 0.05) is 38.8 Å². The van der Waals surface area contributed by atoms with Gasteiger partial charge in [0.1, 0.15) is 0 Å². The molecule has 1 aromatic carbocycles. The largest absolute Gasteiger partial charge is 0.365 e. The van der Waals surface area contributed by atoms with Crippen LogP contribution in [0.2, 0.25) is 0 Å². The van der Waals surface area contributed by atoms with E-state index in [-0.39, 0.29) is 17.9 Å². The smallest absolute Gasteiger partial charge is 0.239 e. The SMILES string of the molecule is CC(=O)N1CCC(NC(=O)CN(C)c2cc(C)cc(C)c2)CC1. The van der Waals surface area contributed by atoms with Crippen molar-refractivity contribution >= 4 is 17.5 Å². The average Bonchev–Trinajstić information content (AvgIpc) is 2.46. The van der Waals surface area contributed by atoms with Crippen molar-refractivity contribution in [3.63, 3.8) is 0 Å². The Morgan fingerprint density at radius 2 is 1.74 bits per heavy atom. The van der Waals surface area contributed by atoms with E-state index in [0.717, 1.165) is 31.6 Å². The molecule has 0 atom stereocenters. The molecular weight excluding hydrogens is 290 g/mol. The number of benzene rings is 1. The maximum absolute atomic E-state index is 12.2. The summed E-state index contributed by atoms with van der Waals surface area (Å²) in [7, 11) is 1.94. The second kappa shape index (κ2) is 7.49. The standard InChI is InChI=1S/C18H27N3O2/c1-13-9-14(2)11-17(10-13)20(4)12-18(23)19-16-5-7-21(8-6-16)15(3)22/h9-11,16H,5-8,12H2,1-4H3,(H,19,23). The molecule has 0 spiro atoms. The van der Waals surface area contributed by atoms with Gasteiger partial charge < -0.3 is 15.1 Å². The van der Waals surface area contributed by atoms with Gasteiger partial charge in [-0.1, -0.05) is 6.07 Å². The number of carbonyl (C=O) groups excluding carboxylic acids is 2. The Bertz CT molecular complexity index is 557. The maximum atomic E-state index is 12.2. The molecule has 1 aliphatic heterocycles. The monoisotopic (exact) mass is 317 g/mol.